The van der Waals surface area contributed by atoms with Crippen molar-refractivity contribution in [3.05, 3.63) is 34.3 Å². The summed E-state index contributed by atoms with van der Waals surface area (Å²) >= 11 is 3.46. The maximum Gasteiger partial charge on any atom is 0.0175 e. The first-order valence-corrected chi connectivity index (χ1v) is 6.02. The molecule has 0 saturated heterocycles. The Morgan fingerprint density at radius 1 is 1.14 bits per heavy atom. The highest BCUT2D eigenvalue weighted by Crippen LogP contribution is 2.40. The van der Waals surface area contributed by atoms with Crippen LogP contribution < -0.4 is 5.73 Å². The second kappa shape index (κ2) is 4.03. The Bertz CT molecular complexity index is 299. The lowest BCUT2D eigenvalue weighted by molar-refractivity contribution is 0.453. The largest absolute Gasteiger partial charge is 0.330 e. The lowest BCUT2D eigenvalue weighted by atomic mass is 9.79. The standard InChI is InChI=1S/C12H16BrN/c13-11-5-3-10(4-6-11)12(9-14)7-1-2-8-12/h3-6H,1-2,7-9,14H2. The number of hydrogen-bond acceptors (Lipinski definition) is 1. The molecule has 1 saturated carbocycles. The molecule has 14 heavy (non-hydrogen) atoms. The molecular formula is C12H16BrN. The Morgan fingerprint density at radius 3 is 2.21 bits per heavy atom. The van der Waals surface area contributed by atoms with Crippen molar-refractivity contribution < 1.29 is 0 Å². The van der Waals surface area contributed by atoms with E-state index in [4.69, 9.17) is 5.73 Å². The van der Waals surface area contributed by atoms with Crippen molar-refractivity contribution in [2.75, 3.05) is 6.54 Å². The molecule has 0 spiro atoms. The smallest absolute Gasteiger partial charge is 0.0175 e. The average Bonchev–Trinajstić information content (AvgIpc) is 2.68. The lowest BCUT2D eigenvalue weighted by Gasteiger charge is -2.27. The summed E-state index contributed by atoms with van der Waals surface area (Å²) in [5, 5.41) is 0. The molecule has 0 radical (unpaired) electrons. The molecule has 76 valence electrons. The monoisotopic (exact) mass is 253 g/mol. The van der Waals surface area contributed by atoms with Crippen molar-refractivity contribution in [2.24, 2.45) is 5.73 Å². The van der Waals surface area contributed by atoms with Crippen LogP contribution in [0.5, 0.6) is 0 Å². The van der Waals surface area contributed by atoms with Crippen LogP contribution in [0.1, 0.15) is 31.2 Å². The van der Waals surface area contributed by atoms with Crippen LogP contribution >= 0.6 is 15.9 Å². The van der Waals surface area contributed by atoms with Gasteiger partial charge in [0.25, 0.3) is 0 Å². The minimum Gasteiger partial charge on any atom is -0.330 e. The van der Waals surface area contributed by atoms with E-state index in [9.17, 15) is 0 Å². The van der Waals surface area contributed by atoms with Gasteiger partial charge in [0, 0.05) is 16.4 Å². The van der Waals surface area contributed by atoms with Crippen LogP contribution in [0, 0.1) is 0 Å². The molecule has 1 aliphatic rings. The lowest BCUT2D eigenvalue weighted by Crippen LogP contribution is -2.31. The Kier molecular flexibility index (Phi) is 2.93. The van der Waals surface area contributed by atoms with Gasteiger partial charge in [-0.2, -0.15) is 0 Å². The highest BCUT2D eigenvalue weighted by Gasteiger charge is 2.33. The summed E-state index contributed by atoms with van der Waals surface area (Å²) in [6.45, 7) is 0.786. The Hall–Kier alpha value is -0.340. The van der Waals surface area contributed by atoms with Gasteiger partial charge in [-0.15, -0.1) is 0 Å². The predicted molar refractivity (Wildman–Crippen MR) is 63.3 cm³/mol. The van der Waals surface area contributed by atoms with E-state index < -0.39 is 0 Å². The van der Waals surface area contributed by atoms with Gasteiger partial charge in [0.2, 0.25) is 0 Å². The van der Waals surface area contributed by atoms with Gasteiger partial charge in [-0.1, -0.05) is 40.9 Å². The van der Waals surface area contributed by atoms with E-state index in [1.54, 1.807) is 0 Å². The molecule has 2 rings (SSSR count). The van der Waals surface area contributed by atoms with Crippen LogP contribution in [0.3, 0.4) is 0 Å². The van der Waals surface area contributed by atoms with Crippen molar-refractivity contribution >= 4 is 15.9 Å². The first-order valence-electron chi connectivity index (χ1n) is 5.23. The second-order valence-electron chi connectivity index (χ2n) is 4.20. The number of nitrogens with two attached hydrogens (primary N) is 1. The summed E-state index contributed by atoms with van der Waals surface area (Å²) < 4.78 is 1.14. The van der Waals surface area contributed by atoms with Crippen LogP contribution in [0.4, 0.5) is 0 Å². The summed E-state index contributed by atoms with van der Waals surface area (Å²) in [4.78, 5) is 0. The number of hydrogen-bond donors (Lipinski definition) is 1. The summed E-state index contributed by atoms with van der Waals surface area (Å²) in [6, 6.07) is 8.65. The molecule has 2 N–H and O–H groups in total. The molecule has 0 aromatic heterocycles. The maximum absolute atomic E-state index is 5.93. The quantitative estimate of drug-likeness (QED) is 0.861. The Morgan fingerprint density at radius 2 is 1.71 bits per heavy atom. The third-order valence-electron chi connectivity index (χ3n) is 3.41. The van der Waals surface area contributed by atoms with E-state index in [1.165, 1.54) is 31.2 Å². The van der Waals surface area contributed by atoms with Crippen LogP contribution in [0.25, 0.3) is 0 Å². The highest BCUT2D eigenvalue weighted by atomic mass is 79.9. The number of rotatable bonds is 2. The van der Waals surface area contributed by atoms with Crippen molar-refractivity contribution in [3.63, 3.8) is 0 Å². The zero-order chi connectivity index (χ0) is 10.0. The molecular weight excluding hydrogens is 238 g/mol. The van der Waals surface area contributed by atoms with Crippen LogP contribution in [-0.4, -0.2) is 6.54 Å². The van der Waals surface area contributed by atoms with E-state index in [1.807, 2.05) is 0 Å². The minimum absolute atomic E-state index is 0.278. The van der Waals surface area contributed by atoms with E-state index in [0.29, 0.717) is 0 Å². The van der Waals surface area contributed by atoms with Gasteiger partial charge < -0.3 is 5.73 Å². The van der Waals surface area contributed by atoms with E-state index in [2.05, 4.69) is 40.2 Å². The molecule has 1 nitrogen and oxygen atoms in total. The average molecular weight is 254 g/mol. The van der Waals surface area contributed by atoms with Crippen LogP contribution in [-0.2, 0) is 5.41 Å². The first-order chi connectivity index (χ1) is 6.77. The maximum atomic E-state index is 5.93. The zero-order valence-corrected chi connectivity index (χ0v) is 9.89. The van der Waals surface area contributed by atoms with Gasteiger partial charge in [-0.3, -0.25) is 0 Å². The molecule has 0 aliphatic heterocycles. The SMILES string of the molecule is NCC1(c2ccc(Br)cc2)CCCC1. The molecule has 1 aromatic rings. The van der Waals surface area contributed by atoms with Gasteiger partial charge >= 0.3 is 0 Å². The summed E-state index contributed by atoms with van der Waals surface area (Å²) in [5.74, 6) is 0. The molecule has 0 amide bonds. The predicted octanol–water partition coefficient (Wildman–Crippen LogP) is 3.22. The van der Waals surface area contributed by atoms with Crippen molar-refractivity contribution in [2.45, 2.75) is 31.1 Å². The number of benzene rings is 1. The summed E-state index contributed by atoms with van der Waals surface area (Å²) in [6.07, 6.45) is 5.16. The molecule has 0 unspecified atom stereocenters. The van der Waals surface area contributed by atoms with Gasteiger partial charge in [0.1, 0.15) is 0 Å². The molecule has 1 aliphatic carbocycles. The normalized spacial score (nSPS) is 19.9. The fourth-order valence-corrected chi connectivity index (χ4v) is 2.73. The first kappa shape index (κ1) is 10.2. The molecule has 1 fully saturated rings. The minimum atomic E-state index is 0.278. The molecule has 0 atom stereocenters. The topological polar surface area (TPSA) is 26.0 Å². The Balaban J connectivity index is 2.31. The number of halogens is 1. The van der Waals surface area contributed by atoms with Gasteiger partial charge in [0.05, 0.1) is 0 Å². The van der Waals surface area contributed by atoms with Gasteiger partial charge in [-0.25, -0.2) is 0 Å². The molecule has 0 heterocycles. The third kappa shape index (κ3) is 1.73. The summed E-state index contributed by atoms with van der Waals surface area (Å²) in [7, 11) is 0. The van der Waals surface area contributed by atoms with Gasteiger partial charge in [0.15, 0.2) is 0 Å². The van der Waals surface area contributed by atoms with E-state index >= 15 is 0 Å². The fraction of sp³-hybridized carbons (Fsp3) is 0.500. The highest BCUT2D eigenvalue weighted by molar-refractivity contribution is 9.10. The van der Waals surface area contributed by atoms with Crippen molar-refractivity contribution in [3.8, 4) is 0 Å². The van der Waals surface area contributed by atoms with Gasteiger partial charge in [-0.05, 0) is 30.5 Å². The van der Waals surface area contributed by atoms with Crippen molar-refractivity contribution in [1.29, 1.82) is 0 Å². The summed E-state index contributed by atoms with van der Waals surface area (Å²) in [5.41, 5.74) is 7.62. The second-order valence-corrected chi connectivity index (χ2v) is 5.11. The molecule has 1 aromatic carbocycles. The molecule has 2 heteroatoms. The fourth-order valence-electron chi connectivity index (χ4n) is 2.47. The van der Waals surface area contributed by atoms with Crippen molar-refractivity contribution in [1.82, 2.24) is 0 Å². The zero-order valence-electron chi connectivity index (χ0n) is 8.30. The van der Waals surface area contributed by atoms with E-state index in [0.717, 1.165) is 11.0 Å². The van der Waals surface area contributed by atoms with E-state index in [-0.39, 0.29) is 5.41 Å². The Labute approximate surface area is 93.8 Å². The van der Waals surface area contributed by atoms with Crippen LogP contribution in [0.2, 0.25) is 0 Å². The molecule has 0 bridgehead atoms. The third-order valence-corrected chi connectivity index (χ3v) is 3.94. The van der Waals surface area contributed by atoms with Crippen LogP contribution in [0.15, 0.2) is 28.7 Å².